The first kappa shape index (κ1) is 35.5. The quantitative estimate of drug-likeness (QED) is 0.0937. The van der Waals surface area contributed by atoms with Crippen molar-refractivity contribution in [2.75, 3.05) is 11.9 Å². The highest BCUT2D eigenvalue weighted by molar-refractivity contribution is 7.86. The first-order chi connectivity index (χ1) is 23.9. The van der Waals surface area contributed by atoms with Gasteiger partial charge >= 0.3 is 0 Å². The Morgan fingerprint density at radius 2 is 1.41 bits per heavy atom. The third kappa shape index (κ3) is 7.27. The fourth-order valence-electron chi connectivity index (χ4n) is 5.63. The Bertz CT molecular complexity index is 2740. The van der Waals surface area contributed by atoms with Gasteiger partial charge in [0.1, 0.15) is 32.8 Å². The van der Waals surface area contributed by atoms with Crippen molar-refractivity contribution in [3.63, 3.8) is 0 Å². The molecule has 15 nitrogen and oxygen atoms in total. The molecule has 0 aliphatic carbocycles. The highest BCUT2D eigenvalue weighted by Gasteiger charge is 2.28. The van der Waals surface area contributed by atoms with Crippen LogP contribution in [0.15, 0.2) is 116 Å². The van der Waals surface area contributed by atoms with E-state index < -0.39 is 62.2 Å². The predicted octanol–water partition coefficient (Wildman–Crippen LogP) is 6.31. The summed E-state index contributed by atoms with van der Waals surface area (Å²) in [6.07, 6.45) is 0.407. The highest BCUT2D eigenvalue weighted by atomic mass is 32.2. The van der Waals surface area contributed by atoms with Gasteiger partial charge in [-0.15, -0.1) is 10.2 Å². The van der Waals surface area contributed by atoms with Crippen molar-refractivity contribution in [1.82, 2.24) is 9.97 Å². The molecule has 0 spiro atoms. The highest BCUT2D eigenvalue weighted by Crippen LogP contribution is 2.47. The van der Waals surface area contributed by atoms with E-state index in [9.17, 15) is 44.0 Å². The summed E-state index contributed by atoms with van der Waals surface area (Å²) >= 11 is 0. The second-order valence-electron chi connectivity index (χ2n) is 11.4. The van der Waals surface area contributed by atoms with Crippen LogP contribution in [-0.2, 0) is 36.8 Å². The minimum absolute atomic E-state index is 0.0719. The largest absolute Gasteiger partial charge is 0.505 e. The van der Waals surface area contributed by atoms with E-state index in [0.717, 1.165) is 23.8 Å². The number of phenolic OH excluding ortho intramolecular Hbond substituents is 1. The molecule has 51 heavy (non-hydrogen) atoms. The van der Waals surface area contributed by atoms with Crippen molar-refractivity contribution in [1.29, 1.82) is 0 Å². The Morgan fingerprint density at radius 3 is 2.08 bits per heavy atom. The molecule has 0 atom stereocenters. The van der Waals surface area contributed by atoms with Crippen LogP contribution in [0.1, 0.15) is 17.1 Å². The normalized spacial score (nSPS) is 12.6. The van der Waals surface area contributed by atoms with Crippen molar-refractivity contribution < 1.29 is 44.0 Å². The fourth-order valence-corrected chi connectivity index (χ4v) is 7.66. The van der Waals surface area contributed by atoms with Gasteiger partial charge in [-0.05, 0) is 47.5 Å². The molecule has 6 aromatic rings. The number of hydrogen-bond donors (Lipinski definition) is 4. The lowest BCUT2D eigenvalue weighted by atomic mass is 10.1. The summed E-state index contributed by atoms with van der Waals surface area (Å²) in [6, 6.07) is 22.5. The van der Waals surface area contributed by atoms with Crippen LogP contribution in [0.25, 0.3) is 21.5 Å². The van der Waals surface area contributed by atoms with Crippen LogP contribution in [0.4, 0.5) is 22.9 Å². The van der Waals surface area contributed by atoms with E-state index in [1.54, 1.807) is 25.1 Å². The van der Waals surface area contributed by atoms with Gasteiger partial charge in [0, 0.05) is 30.3 Å². The van der Waals surface area contributed by atoms with Gasteiger partial charge in [0.25, 0.3) is 30.4 Å². The maximum atomic E-state index is 12.6. The summed E-state index contributed by atoms with van der Waals surface area (Å²) < 4.78 is 105. The average molecular weight is 750 g/mol. The maximum Gasteiger partial charge on any atom is 0.297 e. The van der Waals surface area contributed by atoms with Crippen LogP contribution in [0.2, 0.25) is 0 Å². The molecule has 0 saturated carbocycles. The van der Waals surface area contributed by atoms with Crippen molar-refractivity contribution >= 4 is 74.8 Å². The second-order valence-corrected chi connectivity index (χ2v) is 15.5. The van der Waals surface area contributed by atoms with Gasteiger partial charge in [-0.3, -0.25) is 13.7 Å². The number of aromatic nitrogens is 2. The Hall–Kier alpha value is -5.37. The molecule has 262 valence electrons. The zero-order chi connectivity index (χ0) is 36.9. The van der Waals surface area contributed by atoms with Crippen molar-refractivity contribution in [2.45, 2.75) is 28.0 Å². The zero-order valence-corrected chi connectivity index (χ0v) is 29.0. The predicted molar refractivity (Wildman–Crippen MR) is 187 cm³/mol. The molecular formula is C33H27N5O10S3. The number of benzene rings is 5. The Labute approximate surface area is 291 Å². The number of hydrogen-bond acceptors (Lipinski definition) is 12. The lowest BCUT2D eigenvalue weighted by Crippen LogP contribution is -2.15. The van der Waals surface area contributed by atoms with Crippen molar-refractivity contribution in [2.24, 2.45) is 10.2 Å². The molecule has 18 heteroatoms. The number of anilines is 2. The number of nitrogens with zero attached hydrogens (tertiary/aromatic N) is 5. The van der Waals surface area contributed by atoms with E-state index in [1.165, 1.54) is 36.2 Å². The molecule has 0 saturated heterocycles. The van der Waals surface area contributed by atoms with Crippen molar-refractivity contribution in [3.8, 4) is 5.75 Å². The minimum Gasteiger partial charge on any atom is -0.505 e. The first-order valence-corrected chi connectivity index (χ1v) is 19.1. The summed E-state index contributed by atoms with van der Waals surface area (Å²) in [5.74, 6) is -0.354. The number of aryl methyl sites for hydroxylation is 1. The molecular weight excluding hydrogens is 723 g/mol. The molecule has 0 unspecified atom stereocenters. The lowest BCUT2D eigenvalue weighted by molar-refractivity contribution is 0.472. The Kier molecular flexibility index (Phi) is 9.08. The Morgan fingerprint density at radius 1 is 0.725 bits per heavy atom. The SMILES string of the molecule is Cc1nc(Cc2ccccc2)cc(N(C)c2cc(S(=O)(=O)O)cc3cc(S(=O)(=O)O)c(N=Nc4ccc5ccccc5c4S(=O)(=O)O)c(O)c23)n1. The standard InChI is InChI=1S/C33H27N5O10S3/c1-19-34-23(14-20-8-4-3-5-9-20)17-29(35-19)38(2)27-18-24(49(40,41)42)15-22-16-28(50(43,44)45)31(32(39)30(22)27)37-36-26-13-12-21-10-6-7-11-25(21)33(26)51(46,47)48/h3-13,15-18,39H,14H2,1-2H3,(H,40,41,42)(H,43,44,45)(H,46,47,48). The number of phenols is 1. The first-order valence-electron chi connectivity index (χ1n) is 14.7. The monoisotopic (exact) mass is 749 g/mol. The van der Waals surface area contributed by atoms with E-state index in [2.05, 4.69) is 20.2 Å². The van der Waals surface area contributed by atoms with Gasteiger partial charge in [-0.2, -0.15) is 25.3 Å². The summed E-state index contributed by atoms with van der Waals surface area (Å²) in [4.78, 5) is 7.94. The van der Waals surface area contributed by atoms with Crippen LogP contribution >= 0.6 is 0 Å². The summed E-state index contributed by atoms with van der Waals surface area (Å²) in [6.45, 7) is 1.64. The molecule has 0 fully saturated rings. The number of rotatable bonds is 9. The van der Waals surface area contributed by atoms with Gasteiger partial charge in [0.2, 0.25) is 0 Å². The van der Waals surface area contributed by atoms with E-state index in [0.29, 0.717) is 23.3 Å². The second kappa shape index (κ2) is 13.1. The molecule has 0 aliphatic rings. The molecule has 1 aromatic heterocycles. The average Bonchev–Trinajstić information content (AvgIpc) is 3.05. The number of azo groups is 1. The molecule has 1 heterocycles. The van der Waals surface area contributed by atoms with Crippen molar-refractivity contribution in [3.05, 3.63) is 108 Å². The molecule has 0 aliphatic heterocycles. The lowest BCUT2D eigenvalue weighted by Gasteiger charge is -2.23. The third-order valence-corrected chi connectivity index (χ3v) is 10.5. The summed E-state index contributed by atoms with van der Waals surface area (Å²) in [5.41, 5.74) is 0.139. The fraction of sp³-hybridized carbons (Fsp3) is 0.0909. The van der Waals surface area contributed by atoms with Gasteiger partial charge in [-0.1, -0.05) is 60.7 Å². The van der Waals surface area contributed by atoms with Crippen LogP contribution in [0.3, 0.4) is 0 Å². The van der Waals surface area contributed by atoms with Crippen LogP contribution in [0, 0.1) is 6.92 Å². The topological polar surface area (TPSA) is 237 Å². The molecule has 4 N–H and O–H groups in total. The van der Waals surface area contributed by atoms with Crippen LogP contribution in [0.5, 0.6) is 5.75 Å². The molecule has 0 amide bonds. The smallest absolute Gasteiger partial charge is 0.297 e. The third-order valence-electron chi connectivity index (χ3n) is 7.86. The molecule has 6 rings (SSSR count). The van der Waals surface area contributed by atoms with Crippen LogP contribution in [-0.4, -0.2) is 61.0 Å². The maximum absolute atomic E-state index is 12.6. The van der Waals surface area contributed by atoms with E-state index in [1.807, 2.05) is 30.3 Å². The number of fused-ring (bicyclic) bond motifs is 2. The molecule has 0 bridgehead atoms. The summed E-state index contributed by atoms with van der Waals surface area (Å²) in [7, 11) is -13.6. The van der Waals surface area contributed by atoms with Gasteiger partial charge < -0.3 is 10.0 Å². The molecule has 5 aromatic carbocycles. The number of aromatic hydroxyl groups is 1. The van der Waals surface area contributed by atoms with E-state index >= 15 is 0 Å². The zero-order valence-electron chi connectivity index (χ0n) is 26.6. The molecule has 0 radical (unpaired) electrons. The van der Waals surface area contributed by atoms with E-state index in [4.69, 9.17) is 0 Å². The minimum atomic E-state index is -5.23. The van der Waals surface area contributed by atoms with Gasteiger partial charge in [0.15, 0.2) is 5.75 Å². The summed E-state index contributed by atoms with van der Waals surface area (Å²) in [5, 5.41) is 19.4. The van der Waals surface area contributed by atoms with Gasteiger partial charge in [-0.25, -0.2) is 9.97 Å². The van der Waals surface area contributed by atoms with Crippen LogP contribution < -0.4 is 4.90 Å². The Balaban J connectivity index is 1.60. The van der Waals surface area contributed by atoms with Gasteiger partial charge in [0.05, 0.1) is 16.3 Å². The van der Waals surface area contributed by atoms with E-state index in [-0.39, 0.29) is 27.7 Å².